The van der Waals surface area contributed by atoms with Gasteiger partial charge in [-0.3, -0.25) is 9.59 Å². The van der Waals surface area contributed by atoms with Gasteiger partial charge in [0, 0.05) is 44.1 Å². The number of nitrogens with zero attached hydrogens (tertiary/aromatic N) is 2. The number of carbonyl (C=O) groups is 2. The number of halogens is 2. The Morgan fingerprint density at radius 1 is 0.861 bits per heavy atom. The summed E-state index contributed by atoms with van der Waals surface area (Å²) in [5, 5.41) is 2.80. The molecule has 0 saturated carbocycles. The van der Waals surface area contributed by atoms with Crippen molar-refractivity contribution in [2.75, 3.05) is 24.3 Å². The van der Waals surface area contributed by atoms with Crippen LogP contribution in [-0.2, 0) is 13.1 Å². The van der Waals surface area contributed by atoms with Crippen molar-refractivity contribution in [1.29, 1.82) is 0 Å². The summed E-state index contributed by atoms with van der Waals surface area (Å²) in [6, 6.07) is 19.9. The molecule has 1 heterocycles. The molecule has 36 heavy (non-hydrogen) atoms. The third-order valence-electron chi connectivity index (χ3n) is 5.57. The summed E-state index contributed by atoms with van der Waals surface area (Å²) < 4.78 is 32.5. The highest BCUT2D eigenvalue weighted by Gasteiger charge is 2.20. The lowest BCUT2D eigenvalue weighted by atomic mass is 10.1. The zero-order valence-corrected chi connectivity index (χ0v) is 19.9. The van der Waals surface area contributed by atoms with E-state index in [1.54, 1.807) is 41.3 Å². The van der Waals surface area contributed by atoms with Gasteiger partial charge in [-0.15, -0.1) is 0 Å². The van der Waals surface area contributed by atoms with Gasteiger partial charge < -0.3 is 19.5 Å². The first kappa shape index (κ1) is 24.7. The van der Waals surface area contributed by atoms with E-state index in [2.05, 4.69) is 5.32 Å². The first-order chi connectivity index (χ1) is 17.3. The fourth-order valence-electron chi connectivity index (χ4n) is 3.86. The van der Waals surface area contributed by atoms with E-state index in [4.69, 9.17) is 4.42 Å². The topological polar surface area (TPSA) is 65.8 Å². The Labute approximate surface area is 207 Å². The summed E-state index contributed by atoms with van der Waals surface area (Å²) >= 11 is 0. The lowest BCUT2D eigenvalue weighted by Crippen LogP contribution is -2.31. The average molecular weight is 490 g/mol. The number of carbonyl (C=O) groups excluding carboxylic acids is 2. The molecule has 0 unspecified atom stereocenters. The van der Waals surface area contributed by atoms with Gasteiger partial charge in [0.2, 0.25) is 0 Å². The van der Waals surface area contributed by atoms with Crippen LogP contribution in [0.25, 0.3) is 0 Å². The van der Waals surface area contributed by atoms with Crippen molar-refractivity contribution in [3.63, 3.8) is 0 Å². The van der Waals surface area contributed by atoms with E-state index in [1.807, 2.05) is 25.1 Å². The fourth-order valence-corrected chi connectivity index (χ4v) is 3.86. The van der Waals surface area contributed by atoms with Crippen LogP contribution in [0.3, 0.4) is 0 Å². The van der Waals surface area contributed by atoms with Crippen molar-refractivity contribution in [3.05, 3.63) is 119 Å². The molecule has 6 nitrogen and oxygen atoms in total. The highest BCUT2D eigenvalue weighted by Crippen LogP contribution is 2.26. The fraction of sp³-hybridized carbons (Fsp3) is 0.143. The van der Waals surface area contributed by atoms with E-state index in [0.29, 0.717) is 16.8 Å². The zero-order chi connectivity index (χ0) is 25.7. The second-order valence-corrected chi connectivity index (χ2v) is 8.47. The molecule has 0 saturated heterocycles. The first-order valence-corrected chi connectivity index (χ1v) is 11.2. The smallest absolute Gasteiger partial charge is 0.291 e. The molecular weight excluding hydrogens is 464 g/mol. The maximum Gasteiger partial charge on any atom is 0.291 e. The molecule has 0 aliphatic rings. The van der Waals surface area contributed by atoms with Gasteiger partial charge in [-0.25, -0.2) is 8.78 Å². The minimum absolute atomic E-state index is 0.129. The van der Waals surface area contributed by atoms with E-state index < -0.39 is 17.5 Å². The average Bonchev–Trinajstić information content (AvgIpc) is 3.39. The number of amides is 2. The largest absolute Gasteiger partial charge is 0.459 e. The molecule has 2 amide bonds. The quantitative estimate of drug-likeness (QED) is 0.344. The lowest BCUT2D eigenvalue weighted by Gasteiger charge is -2.26. The van der Waals surface area contributed by atoms with Gasteiger partial charge >= 0.3 is 0 Å². The summed E-state index contributed by atoms with van der Waals surface area (Å²) in [5.41, 5.74) is 3.03. The number of hydrogen-bond donors (Lipinski definition) is 1. The first-order valence-electron chi connectivity index (χ1n) is 11.2. The Balaban J connectivity index is 1.67. The molecule has 0 fully saturated rings. The van der Waals surface area contributed by atoms with Gasteiger partial charge in [0.15, 0.2) is 5.76 Å². The van der Waals surface area contributed by atoms with E-state index >= 15 is 0 Å². The van der Waals surface area contributed by atoms with Crippen molar-refractivity contribution in [2.45, 2.75) is 13.1 Å². The Hall–Kier alpha value is -4.46. The van der Waals surface area contributed by atoms with Crippen molar-refractivity contribution in [1.82, 2.24) is 4.90 Å². The number of rotatable bonds is 8. The van der Waals surface area contributed by atoms with Crippen molar-refractivity contribution < 1.29 is 22.8 Å². The molecule has 0 aliphatic heterocycles. The predicted octanol–water partition coefficient (Wildman–Crippen LogP) is 5.72. The predicted molar refractivity (Wildman–Crippen MR) is 134 cm³/mol. The van der Waals surface area contributed by atoms with Gasteiger partial charge in [0.1, 0.15) is 11.6 Å². The van der Waals surface area contributed by atoms with E-state index in [9.17, 15) is 18.4 Å². The van der Waals surface area contributed by atoms with Crippen LogP contribution >= 0.6 is 0 Å². The van der Waals surface area contributed by atoms with Gasteiger partial charge in [0.25, 0.3) is 11.8 Å². The molecule has 184 valence electrons. The number of anilines is 2. The molecule has 3 aromatic carbocycles. The van der Waals surface area contributed by atoms with Crippen molar-refractivity contribution in [3.8, 4) is 0 Å². The van der Waals surface area contributed by atoms with Crippen LogP contribution in [0.4, 0.5) is 20.2 Å². The molecular formula is C28H25F2N3O3. The number of benzene rings is 3. The summed E-state index contributed by atoms with van der Waals surface area (Å²) in [4.78, 5) is 29.4. The van der Waals surface area contributed by atoms with E-state index in [0.717, 1.165) is 11.3 Å². The van der Waals surface area contributed by atoms with Gasteiger partial charge in [-0.05, 0) is 77.9 Å². The molecule has 8 heteroatoms. The molecule has 1 N–H and O–H groups in total. The third kappa shape index (κ3) is 5.96. The Morgan fingerprint density at radius 2 is 1.64 bits per heavy atom. The summed E-state index contributed by atoms with van der Waals surface area (Å²) in [6.45, 7) is 0.286. The standard InChI is InChI=1S/C28H25F2N3O3/c1-32(2)25-13-12-24(31-27(34)26-7-4-14-36-26)16-21(25)18-33(17-19-5-3-6-23(30)15-19)28(35)20-8-10-22(29)11-9-20/h3-16H,17-18H2,1-2H3,(H,31,34). The normalized spacial score (nSPS) is 10.7. The van der Waals surface area contributed by atoms with Crippen LogP contribution in [0.5, 0.6) is 0 Å². The Kier molecular flexibility index (Phi) is 7.44. The van der Waals surface area contributed by atoms with Crippen LogP contribution in [0.2, 0.25) is 0 Å². The second-order valence-electron chi connectivity index (χ2n) is 8.47. The maximum absolute atomic E-state index is 13.9. The molecule has 0 spiro atoms. The maximum atomic E-state index is 13.9. The second kappa shape index (κ2) is 10.9. The monoisotopic (exact) mass is 489 g/mol. The number of hydrogen-bond acceptors (Lipinski definition) is 4. The molecule has 0 atom stereocenters. The zero-order valence-electron chi connectivity index (χ0n) is 19.9. The minimum atomic E-state index is -0.446. The minimum Gasteiger partial charge on any atom is -0.459 e. The number of nitrogens with one attached hydrogen (secondary N) is 1. The van der Waals surface area contributed by atoms with Crippen molar-refractivity contribution in [2.24, 2.45) is 0 Å². The van der Waals surface area contributed by atoms with Crippen LogP contribution in [0.1, 0.15) is 32.0 Å². The molecule has 0 radical (unpaired) electrons. The molecule has 0 aliphatic carbocycles. The molecule has 4 rings (SSSR count). The number of furan rings is 1. The van der Waals surface area contributed by atoms with Gasteiger partial charge in [-0.1, -0.05) is 12.1 Å². The molecule has 0 bridgehead atoms. The molecule has 1 aromatic heterocycles. The van der Waals surface area contributed by atoms with Crippen LogP contribution in [0.15, 0.2) is 89.5 Å². The Morgan fingerprint density at radius 3 is 2.31 bits per heavy atom. The van der Waals surface area contributed by atoms with E-state index in [1.165, 1.54) is 42.7 Å². The molecule has 4 aromatic rings. The summed E-state index contributed by atoms with van der Waals surface area (Å²) in [7, 11) is 3.75. The van der Waals surface area contributed by atoms with Crippen LogP contribution < -0.4 is 10.2 Å². The Bertz CT molecular complexity index is 1350. The van der Waals surface area contributed by atoms with Crippen molar-refractivity contribution >= 4 is 23.2 Å². The summed E-state index contributed by atoms with van der Waals surface area (Å²) in [6.07, 6.45) is 1.42. The van der Waals surface area contributed by atoms with Crippen LogP contribution in [0, 0.1) is 11.6 Å². The summed E-state index contributed by atoms with van der Waals surface area (Å²) in [5.74, 6) is -1.42. The lowest BCUT2D eigenvalue weighted by molar-refractivity contribution is 0.0729. The van der Waals surface area contributed by atoms with E-state index in [-0.39, 0.29) is 24.8 Å². The van der Waals surface area contributed by atoms with Gasteiger partial charge in [0.05, 0.1) is 6.26 Å². The van der Waals surface area contributed by atoms with Crippen LogP contribution in [-0.4, -0.2) is 30.8 Å². The van der Waals surface area contributed by atoms with Gasteiger partial charge in [-0.2, -0.15) is 0 Å². The highest BCUT2D eigenvalue weighted by atomic mass is 19.1. The highest BCUT2D eigenvalue weighted by molar-refractivity contribution is 6.02. The SMILES string of the molecule is CN(C)c1ccc(NC(=O)c2ccco2)cc1CN(Cc1cccc(F)c1)C(=O)c1ccc(F)cc1. The third-order valence-corrected chi connectivity index (χ3v) is 5.57.